The van der Waals surface area contributed by atoms with Crippen molar-refractivity contribution in [2.75, 3.05) is 0 Å². The Balaban J connectivity index is 1.83. The maximum absolute atomic E-state index is 12.7. The van der Waals surface area contributed by atoms with Crippen molar-refractivity contribution in [3.8, 4) is 0 Å². The van der Waals surface area contributed by atoms with Crippen LogP contribution in [0.2, 0.25) is 0 Å². The van der Waals surface area contributed by atoms with Crippen LogP contribution < -0.4 is 5.32 Å². The van der Waals surface area contributed by atoms with Crippen LogP contribution in [0.3, 0.4) is 0 Å². The minimum Gasteiger partial charge on any atom is -0.349 e. The number of carbonyl (C=O) groups excluding carboxylic acids is 1. The molecule has 1 aromatic carbocycles. The van der Waals surface area contributed by atoms with E-state index in [-0.39, 0.29) is 18.1 Å². The predicted octanol–water partition coefficient (Wildman–Crippen LogP) is 1.84. The van der Waals surface area contributed by atoms with Gasteiger partial charge in [0.15, 0.2) is 0 Å². The van der Waals surface area contributed by atoms with Crippen LogP contribution in [-0.2, 0) is 17.8 Å². The van der Waals surface area contributed by atoms with E-state index in [9.17, 15) is 9.18 Å². The molecule has 18 heavy (non-hydrogen) atoms. The third-order valence-electron chi connectivity index (χ3n) is 2.28. The lowest BCUT2D eigenvalue weighted by Crippen LogP contribution is -2.24. The number of halogens is 1. The summed E-state index contributed by atoms with van der Waals surface area (Å²) >= 11 is 1.45. The van der Waals surface area contributed by atoms with Crippen molar-refractivity contribution in [2.45, 2.75) is 19.9 Å². The molecule has 1 aromatic heterocycles. The smallest absolute Gasteiger partial charge is 0.224 e. The van der Waals surface area contributed by atoms with Gasteiger partial charge in [-0.2, -0.15) is 0 Å². The Hall–Kier alpha value is -1.82. The fourth-order valence-electron chi connectivity index (χ4n) is 1.43. The van der Waals surface area contributed by atoms with Crippen molar-refractivity contribution < 1.29 is 9.18 Å². The van der Waals surface area contributed by atoms with Crippen LogP contribution in [0.5, 0.6) is 0 Å². The fourth-order valence-corrected chi connectivity index (χ4v) is 2.08. The number of aryl methyl sites for hydroxylation is 1. The van der Waals surface area contributed by atoms with Gasteiger partial charge in [-0.1, -0.05) is 23.5 Å². The molecule has 2 rings (SSSR count). The van der Waals surface area contributed by atoms with Gasteiger partial charge in [0.25, 0.3) is 0 Å². The number of hydrogen-bond acceptors (Lipinski definition) is 4. The second kappa shape index (κ2) is 5.68. The van der Waals surface area contributed by atoms with Crippen molar-refractivity contribution in [3.05, 3.63) is 45.7 Å². The van der Waals surface area contributed by atoms with E-state index in [1.54, 1.807) is 12.1 Å². The minimum absolute atomic E-state index is 0.116. The zero-order valence-corrected chi connectivity index (χ0v) is 10.6. The Morgan fingerprint density at radius 1 is 1.33 bits per heavy atom. The molecular weight excluding hydrogens is 253 g/mol. The van der Waals surface area contributed by atoms with Gasteiger partial charge >= 0.3 is 0 Å². The van der Waals surface area contributed by atoms with Gasteiger partial charge in [-0.05, 0) is 24.6 Å². The van der Waals surface area contributed by atoms with Gasteiger partial charge in [-0.25, -0.2) is 4.39 Å². The van der Waals surface area contributed by atoms with E-state index in [4.69, 9.17) is 0 Å². The first kappa shape index (κ1) is 12.6. The fraction of sp³-hybridized carbons (Fsp3) is 0.250. The summed E-state index contributed by atoms with van der Waals surface area (Å²) in [5, 5.41) is 12.2. The summed E-state index contributed by atoms with van der Waals surface area (Å²) < 4.78 is 12.7. The molecule has 2 aromatic rings. The molecule has 0 atom stereocenters. The molecular formula is C12H12FN3OS. The van der Waals surface area contributed by atoms with Gasteiger partial charge in [-0.15, -0.1) is 10.2 Å². The Kier molecular flexibility index (Phi) is 3.99. The van der Waals surface area contributed by atoms with Crippen LogP contribution >= 0.6 is 11.3 Å². The van der Waals surface area contributed by atoms with Crippen LogP contribution in [-0.4, -0.2) is 16.1 Å². The number of benzene rings is 1. The highest BCUT2D eigenvalue weighted by Crippen LogP contribution is 2.07. The Labute approximate surface area is 108 Å². The summed E-state index contributed by atoms with van der Waals surface area (Å²) in [7, 11) is 0. The zero-order valence-electron chi connectivity index (χ0n) is 9.81. The van der Waals surface area contributed by atoms with Crippen molar-refractivity contribution in [2.24, 2.45) is 0 Å². The van der Waals surface area contributed by atoms with E-state index in [1.165, 1.54) is 23.5 Å². The van der Waals surface area contributed by atoms with Gasteiger partial charge in [0, 0.05) is 0 Å². The molecule has 0 fully saturated rings. The molecule has 0 aliphatic carbocycles. The van der Waals surface area contributed by atoms with Gasteiger partial charge < -0.3 is 5.32 Å². The first-order chi connectivity index (χ1) is 8.63. The lowest BCUT2D eigenvalue weighted by atomic mass is 10.1. The van der Waals surface area contributed by atoms with Crippen molar-refractivity contribution in [3.63, 3.8) is 0 Å². The summed E-state index contributed by atoms with van der Waals surface area (Å²) in [6.07, 6.45) is 0.234. The molecule has 4 nitrogen and oxygen atoms in total. The number of rotatable bonds is 4. The largest absolute Gasteiger partial charge is 0.349 e. The van der Waals surface area contributed by atoms with E-state index in [1.807, 2.05) is 6.92 Å². The maximum atomic E-state index is 12.7. The Bertz CT molecular complexity index is 539. The number of amides is 1. The number of nitrogens with zero attached hydrogens (tertiary/aromatic N) is 2. The molecule has 94 valence electrons. The summed E-state index contributed by atoms with van der Waals surface area (Å²) in [6, 6.07) is 5.89. The first-order valence-corrected chi connectivity index (χ1v) is 6.25. The molecule has 1 amide bonds. The average molecular weight is 265 g/mol. The minimum atomic E-state index is -0.302. The molecule has 1 N–H and O–H groups in total. The topological polar surface area (TPSA) is 54.9 Å². The molecule has 0 bridgehead atoms. The van der Waals surface area contributed by atoms with E-state index >= 15 is 0 Å². The standard InChI is InChI=1S/C12H12FN3OS/c1-8-15-16-12(18-8)7-14-11(17)6-9-2-4-10(13)5-3-9/h2-5H,6-7H2,1H3,(H,14,17). The van der Waals surface area contributed by atoms with Crippen molar-refractivity contribution in [1.82, 2.24) is 15.5 Å². The lowest BCUT2D eigenvalue weighted by molar-refractivity contribution is -0.120. The van der Waals surface area contributed by atoms with Crippen molar-refractivity contribution >= 4 is 17.2 Å². The molecule has 6 heteroatoms. The average Bonchev–Trinajstić information content (AvgIpc) is 2.76. The highest BCUT2D eigenvalue weighted by molar-refractivity contribution is 7.11. The number of carbonyl (C=O) groups is 1. The summed E-state index contributed by atoms with van der Waals surface area (Å²) in [5.74, 6) is -0.419. The van der Waals surface area contributed by atoms with E-state index in [2.05, 4.69) is 15.5 Å². The molecule has 0 saturated carbocycles. The van der Waals surface area contributed by atoms with E-state index in [0.29, 0.717) is 6.54 Å². The molecule has 1 heterocycles. The van der Waals surface area contributed by atoms with E-state index < -0.39 is 0 Å². The SMILES string of the molecule is Cc1nnc(CNC(=O)Cc2ccc(F)cc2)s1. The van der Waals surface area contributed by atoms with Gasteiger partial charge in [-0.3, -0.25) is 4.79 Å². The highest BCUT2D eigenvalue weighted by Gasteiger charge is 2.05. The monoisotopic (exact) mass is 265 g/mol. The zero-order chi connectivity index (χ0) is 13.0. The third-order valence-corrected chi connectivity index (χ3v) is 3.12. The van der Waals surface area contributed by atoms with E-state index in [0.717, 1.165) is 15.6 Å². The van der Waals surface area contributed by atoms with Crippen molar-refractivity contribution in [1.29, 1.82) is 0 Å². The van der Waals surface area contributed by atoms with Crippen LogP contribution in [0.25, 0.3) is 0 Å². The first-order valence-electron chi connectivity index (χ1n) is 5.43. The highest BCUT2D eigenvalue weighted by atomic mass is 32.1. The van der Waals surface area contributed by atoms with Gasteiger partial charge in [0.1, 0.15) is 15.8 Å². The van der Waals surface area contributed by atoms with Crippen LogP contribution in [0.15, 0.2) is 24.3 Å². The maximum Gasteiger partial charge on any atom is 0.224 e. The summed E-state index contributed by atoms with van der Waals surface area (Å²) in [5.41, 5.74) is 0.780. The molecule has 0 aliphatic rings. The molecule has 0 saturated heterocycles. The van der Waals surface area contributed by atoms with Crippen LogP contribution in [0, 0.1) is 12.7 Å². The van der Waals surface area contributed by atoms with Crippen LogP contribution in [0.1, 0.15) is 15.6 Å². The molecule has 0 spiro atoms. The number of hydrogen-bond donors (Lipinski definition) is 1. The molecule has 0 unspecified atom stereocenters. The van der Waals surface area contributed by atoms with Gasteiger partial charge in [0.05, 0.1) is 13.0 Å². The third kappa shape index (κ3) is 3.59. The Morgan fingerprint density at radius 2 is 2.06 bits per heavy atom. The molecule has 0 aliphatic heterocycles. The quantitative estimate of drug-likeness (QED) is 0.917. The van der Waals surface area contributed by atoms with Crippen LogP contribution in [0.4, 0.5) is 4.39 Å². The number of nitrogens with one attached hydrogen (secondary N) is 1. The Morgan fingerprint density at radius 3 is 2.67 bits per heavy atom. The lowest BCUT2D eigenvalue weighted by Gasteiger charge is -2.02. The normalized spacial score (nSPS) is 10.3. The molecule has 0 radical (unpaired) electrons. The number of aromatic nitrogens is 2. The second-order valence-corrected chi connectivity index (χ2v) is 5.06. The predicted molar refractivity (Wildman–Crippen MR) is 66.6 cm³/mol. The summed E-state index contributed by atoms with van der Waals surface area (Å²) in [4.78, 5) is 11.6. The second-order valence-electron chi connectivity index (χ2n) is 3.79. The van der Waals surface area contributed by atoms with Gasteiger partial charge in [0.2, 0.25) is 5.91 Å². The summed E-state index contributed by atoms with van der Waals surface area (Å²) in [6.45, 7) is 2.24.